The Balaban J connectivity index is 0.892. The maximum Gasteiger partial charge on any atom is 0.408 e. The van der Waals surface area contributed by atoms with Crippen LogP contribution in [0.3, 0.4) is 0 Å². The van der Waals surface area contributed by atoms with Crippen LogP contribution in [0.1, 0.15) is 91.1 Å². The zero-order chi connectivity index (χ0) is 64.5. The van der Waals surface area contributed by atoms with E-state index < -0.39 is 146 Å². The second-order valence-electron chi connectivity index (χ2n) is 23.2. The van der Waals surface area contributed by atoms with E-state index in [1.807, 2.05) is 67.6 Å². The van der Waals surface area contributed by atoms with Gasteiger partial charge in [-0.1, -0.05) is 166 Å². The SMILES string of the molecule is CC[C@@H]1C=C[C@@H](NC(=O)OCc2ccccc2)[C@@H](O[C@H]2[C@H](O[C@@H]3O[C@H](CC)[C@@H](O[C@H]4O[C@H]5CCC(c6ccccc6)O[C@H]5[C@H](O)[C@H]4NC(=O)OCc4ccccc4)[C@H]3O)[C@@H](O)[C@H](NC(=O)[C@H](CCNC(=O)OCc3ccccc3)OC(=O)c3ccccc3)C[C@@H]2N)O1. The molecule has 0 spiro atoms. The van der Waals surface area contributed by atoms with Crippen molar-refractivity contribution in [2.45, 2.75) is 188 Å². The van der Waals surface area contributed by atoms with Crippen molar-refractivity contribution in [3.8, 4) is 0 Å². The second kappa shape index (κ2) is 32.6. The molecule has 9 N–H and O–H groups in total. The molecule has 5 aromatic carbocycles. The van der Waals surface area contributed by atoms with Gasteiger partial charge in [0.25, 0.3) is 5.91 Å². The zero-order valence-corrected chi connectivity index (χ0v) is 51.1. The lowest BCUT2D eigenvalue weighted by atomic mass is 9.83. The number of alkyl carbamates (subject to hydrolysis) is 3. The highest BCUT2D eigenvalue weighted by Gasteiger charge is 2.56. The van der Waals surface area contributed by atoms with Crippen LogP contribution in [0.5, 0.6) is 0 Å². The lowest BCUT2D eigenvalue weighted by molar-refractivity contribution is -0.309. The molecule has 10 rings (SSSR count). The van der Waals surface area contributed by atoms with Gasteiger partial charge < -0.3 is 94.4 Å². The molecule has 3 saturated heterocycles. The summed E-state index contributed by atoms with van der Waals surface area (Å²) in [6.45, 7) is 3.33. The Kier molecular flexibility index (Phi) is 23.8. The standard InChI is InChI=1S/C68H81N5O19/c1-3-45-30-31-47(72-67(80)83-38-41-22-12-6-13-23-41)63(85-45)90-57-46(69)36-48(71-61(77)52(87-62(78)44-28-18-9-19-29-44)34-35-70-66(79)82-37-40-20-10-5-11-21-40)54(74)60(57)92-65-56(76)58(49(4-2)88-65)91-64-53(73-68(81)84-39-42-24-14-7-15-25-42)55(75)59-51(89-64)33-32-50(86-59)43-26-16-8-17-27-43/h5-31,45-60,63-65,74-76H,3-4,32-39,69H2,1-2H3,(H,70,79)(H,71,77)(H,72,80)(H,73,81)/t45-,46+,47-,48-,49-,50?,51+,52+,53-,54+,55-,56-,57-,58-,59-,60-,63-,64-,65+/m1/s1. The summed E-state index contributed by atoms with van der Waals surface area (Å²) in [5.74, 6) is -1.71. The van der Waals surface area contributed by atoms with Crippen molar-refractivity contribution < 1.29 is 91.4 Å². The second-order valence-corrected chi connectivity index (χ2v) is 23.2. The van der Waals surface area contributed by atoms with Crippen molar-refractivity contribution >= 4 is 30.2 Å². The first-order valence-corrected chi connectivity index (χ1v) is 31.3. The number of carbonyl (C=O) groups excluding carboxylic acids is 5. The number of benzene rings is 5. The van der Waals surface area contributed by atoms with Crippen molar-refractivity contribution in [2.24, 2.45) is 5.73 Å². The first kappa shape index (κ1) is 67.1. The van der Waals surface area contributed by atoms with E-state index in [0.717, 1.165) is 16.7 Å². The summed E-state index contributed by atoms with van der Waals surface area (Å²) in [4.78, 5) is 68.1. The largest absolute Gasteiger partial charge is 0.449 e. The third kappa shape index (κ3) is 17.6. The number of amides is 4. The molecule has 1 aliphatic carbocycles. The van der Waals surface area contributed by atoms with Crippen molar-refractivity contribution in [2.75, 3.05) is 6.54 Å². The van der Waals surface area contributed by atoms with Gasteiger partial charge in [-0.2, -0.15) is 0 Å². The summed E-state index contributed by atoms with van der Waals surface area (Å²) < 4.78 is 68.4. The van der Waals surface area contributed by atoms with E-state index in [4.69, 9.17) is 57.8 Å². The number of nitrogens with one attached hydrogen (secondary N) is 4. The number of rotatable bonds is 24. The van der Waals surface area contributed by atoms with Crippen LogP contribution in [0.4, 0.5) is 14.4 Å². The minimum atomic E-state index is -1.74. The number of fused-ring (bicyclic) bond motifs is 1. The molecule has 4 heterocycles. The molecule has 5 aromatic rings. The van der Waals surface area contributed by atoms with Crippen molar-refractivity contribution in [1.82, 2.24) is 21.3 Å². The van der Waals surface area contributed by atoms with Crippen LogP contribution in [-0.2, 0) is 76.7 Å². The van der Waals surface area contributed by atoms with Crippen LogP contribution in [0.15, 0.2) is 164 Å². The third-order valence-corrected chi connectivity index (χ3v) is 16.8. The number of nitrogens with two attached hydrogens (primary N) is 1. The van der Waals surface area contributed by atoms with Crippen LogP contribution >= 0.6 is 0 Å². The molecule has 24 nitrogen and oxygen atoms in total. The van der Waals surface area contributed by atoms with Gasteiger partial charge in [-0.15, -0.1) is 0 Å². The maximum absolute atomic E-state index is 14.6. The number of hydrogen-bond donors (Lipinski definition) is 8. The van der Waals surface area contributed by atoms with Gasteiger partial charge in [0.2, 0.25) is 0 Å². The Morgan fingerprint density at radius 3 is 1.74 bits per heavy atom. The summed E-state index contributed by atoms with van der Waals surface area (Å²) in [6.07, 6.45) is -16.2. The number of aliphatic hydroxyl groups excluding tert-OH is 3. The molecule has 4 aliphatic heterocycles. The lowest BCUT2D eigenvalue weighted by Crippen LogP contribution is -2.67. The molecule has 1 saturated carbocycles. The van der Waals surface area contributed by atoms with E-state index >= 15 is 0 Å². The molecule has 92 heavy (non-hydrogen) atoms. The molecule has 4 amide bonds. The van der Waals surface area contributed by atoms with Crippen molar-refractivity contribution in [1.29, 1.82) is 0 Å². The van der Waals surface area contributed by atoms with Crippen molar-refractivity contribution in [3.05, 3.63) is 192 Å². The Bertz CT molecular complexity index is 3180. The van der Waals surface area contributed by atoms with E-state index in [1.54, 1.807) is 97.9 Å². The summed E-state index contributed by atoms with van der Waals surface area (Å²) >= 11 is 0. The molecule has 19 atom stereocenters. The number of esters is 1. The van der Waals surface area contributed by atoms with Crippen LogP contribution in [0.2, 0.25) is 0 Å². The van der Waals surface area contributed by atoms with Gasteiger partial charge >= 0.3 is 24.2 Å². The number of aliphatic hydroxyl groups is 3. The zero-order valence-electron chi connectivity index (χ0n) is 51.1. The van der Waals surface area contributed by atoms with Gasteiger partial charge in [0.15, 0.2) is 25.0 Å². The molecular weight excluding hydrogens is 1190 g/mol. The molecular formula is C68H81N5O19. The highest BCUT2D eigenvalue weighted by molar-refractivity contribution is 5.92. The Labute approximate surface area is 533 Å². The minimum Gasteiger partial charge on any atom is -0.449 e. The Morgan fingerprint density at radius 2 is 1.13 bits per heavy atom. The molecule has 492 valence electrons. The molecule has 5 aliphatic rings. The first-order chi connectivity index (χ1) is 44.7. The minimum absolute atomic E-state index is 0.0257. The third-order valence-electron chi connectivity index (χ3n) is 16.8. The Morgan fingerprint density at radius 1 is 0.565 bits per heavy atom. The van der Waals surface area contributed by atoms with Crippen LogP contribution in [-0.4, -0.2) is 162 Å². The average molecular weight is 1270 g/mol. The van der Waals surface area contributed by atoms with Gasteiger partial charge in [-0.25, -0.2) is 19.2 Å². The fraction of sp³-hybridized carbons (Fsp3) is 0.456. The van der Waals surface area contributed by atoms with Crippen molar-refractivity contribution in [3.63, 3.8) is 0 Å². The van der Waals surface area contributed by atoms with Gasteiger partial charge in [0.1, 0.15) is 74.6 Å². The van der Waals surface area contributed by atoms with Gasteiger partial charge in [-0.05, 0) is 66.5 Å². The predicted molar refractivity (Wildman–Crippen MR) is 328 cm³/mol. The molecule has 4 fully saturated rings. The Hall–Kier alpha value is -7.85. The molecule has 0 radical (unpaired) electrons. The smallest absolute Gasteiger partial charge is 0.408 e. The van der Waals surface area contributed by atoms with E-state index in [1.165, 1.54) is 12.1 Å². The highest BCUT2D eigenvalue weighted by atomic mass is 16.8. The number of carbonyl (C=O) groups is 5. The first-order valence-electron chi connectivity index (χ1n) is 31.3. The fourth-order valence-electron chi connectivity index (χ4n) is 11.8. The topological polar surface area (TPSA) is 322 Å². The summed E-state index contributed by atoms with van der Waals surface area (Å²) in [5, 5.41) is 48.4. The van der Waals surface area contributed by atoms with E-state index in [-0.39, 0.29) is 51.2 Å². The van der Waals surface area contributed by atoms with Gasteiger partial charge in [-0.3, -0.25) is 4.79 Å². The molecule has 0 aromatic heterocycles. The normalized spacial score (nSPS) is 30.3. The monoisotopic (exact) mass is 1270 g/mol. The molecule has 0 bridgehead atoms. The quantitative estimate of drug-likeness (QED) is 0.0198. The number of ether oxygens (including phenoxy) is 11. The van der Waals surface area contributed by atoms with Gasteiger partial charge in [0.05, 0.1) is 36.0 Å². The molecule has 1 unspecified atom stereocenters. The maximum atomic E-state index is 14.6. The van der Waals surface area contributed by atoms with Crippen LogP contribution in [0.25, 0.3) is 0 Å². The van der Waals surface area contributed by atoms with E-state index in [9.17, 15) is 39.3 Å². The van der Waals surface area contributed by atoms with Crippen LogP contribution < -0.4 is 27.0 Å². The van der Waals surface area contributed by atoms with Gasteiger partial charge in [0, 0.05) is 19.0 Å². The summed E-state index contributed by atoms with van der Waals surface area (Å²) in [5.41, 5.74) is 10.3. The summed E-state index contributed by atoms with van der Waals surface area (Å²) in [6, 6.07) is 39.9. The van der Waals surface area contributed by atoms with E-state index in [0.29, 0.717) is 24.8 Å². The lowest BCUT2D eigenvalue weighted by Gasteiger charge is -2.48. The van der Waals surface area contributed by atoms with E-state index in [2.05, 4.69) is 21.3 Å². The average Bonchev–Trinajstić information content (AvgIpc) is 1.14. The summed E-state index contributed by atoms with van der Waals surface area (Å²) in [7, 11) is 0. The fourth-order valence-corrected chi connectivity index (χ4v) is 11.8. The predicted octanol–water partition coefficient (Wildman–Crippen LogP) is 6.04. The molecule has 24 heteroatoms. The highest BCUT2D eigenvalue weighted by Crippen LogP contribution is 2.41. The number of hydrogen-bond acceptors (Lipinski definition) is 20. The van der Waals surface area contributed by atoms with Crippen LogP contribution in [0, 0.1) is 0 Å².